The molecule has 136 valence electrons. The lowest BCUT2D eigenvalue weighted by Gasteiger charge is -2.15. The molecule has 10 heteroatoms. The lowest BCUT2D eigenvalue weighted by atomic mass is 10.2. The Hall–Kier alpha value is -2.65. The molecular weight excluding hydrogens is 382 g/mol. The predicted molar refractivity (Wildman–Crippen MR) is 97.6 cm³/mol. The molecule has 1 amide bonds. The second-order valence-corrected chi connectivity index (χ2v) is 6.22. The molecule has 0 aliphatic carbocycles. The van der Waals surface area contributed by atoms with Crippen LogP contribution in [0.2, 0.25) is 5.02 Å². The highest BCUT2D eigenvalue weighted by molar-refractivity contribution is 7.98. The first kappa shape index (κ1) is 19.7. The summed E-state index contributed by atoms with van der Waals surface area (Å²) in [4.78, 5) is 38.6. The van der Waals surface area contributed by atoms with Gasteiger partial charge in [0, 0.05) is 18.3 Å². The van der Waals surface area contributed by atoms with Crippen molar-refractivity contribution in [1.29, 1.82) is 0 Å². The Bertz CT molecular complexity index is 862. The summed E-state index contributed by atoms with van der Waals surface area (Å²) in [6.45, 7) is 1.40. The van der Waals surface area contributed by atoms with Crippen molar-refractivity contribution >= 4 is 46.6 Å². The van der Waals surface area contributed by atoms with E-state index in [9.17, 15) is 19.7 Å². The van der Waals surface area contributed by atoms with Crippen molar-refractivity contribution in [2.45, 2.75) is 18.1 Å². The monoisotopic (exact) mass is 395 g/mol. The van der Waals surface area contributed by atoms with Crippen molar-refractivity contribution in [1.82, 2.24) is 4.98 Å². The number of ether oxygens (including phenoxy) is 1. The molecule has 0 saturated carbocycles. The quantitative estimate of drug-likeness (QED) is 0.344. The first-order valence-electron chi connectivity index (χ1n) is 7.28. The molecule has 0 aliphatic rings. The number of halogens is 1. The summed E-state index contributed by atoms with van der Waals surface area (Å²) in [7, 11) is 0. The van der Waals surface area contributed by atoms with Gasteiger partial charge in [-0.15, -0.1) is 11.8 Å². The number of hydrogen-bond donors (Lipinski definition) is 1. The molecule has 1 aromatic carbocycles. The normalized spacial score (nSPS) is 11.5. The van der Waals surface area contributed by atoms with Crippen LogP contribution in [0.3, 0.4) is 0 Å². The van der Waals surface area contributed by atoms with Gasteiger partial charge in [0.2, 0.25) is 0 Å². The zero-order chi connectivity index (χ0) is 19.3. The average Bonchev–Trinajstić information content (AvgIpc) is 2.62. The van der Waals surface area contributed by atoms with E-state index in [1.54, 1.807) is 24.6 Å². The summed E-state index contributed by atoms with van der Waals surface area (Å²) < 4.78 is 5.16. The second-order valence-electron chi connectivity index (χ2n) is 5.02. The molecular formula is C16H14ClN3O5S. The SMILES string of the molecule is CSc1ncccc1C(=O)O[C@H](C)C(=O)Nc1ccc([N+](=O)[O-])cc1Cl. The number of pyridine rings is 1. The predicted octanol–water partition coefficient (Wildman–Crippen LogP) is 3.55. The topological polar surface area (TPSA) is 111 Å². The van der Waals surface area contributed by atoms with Crippen molar-refractivity contribution in [3.63, 3.8) is 0 Å². The largest absolute Gasteiger partial charge is 0.449 e. The van der Waals surface area contributed by atoms with E-state index >= 15 is 0 Å². The van der Waals surface area contributed by atoms with Crippen LogP contribution in [0.5, 0.6) is 0 Å². The van der Waals surface area contributed by atoms with Gasteiger partial charge in [-0.25, -0.2) is 9.78 Å². The number of nitrogens with zero attached hydrogens (tertiary/aromatic N) is 2. The molecule has 1 heterocycles. The van der Waals surface area contributed by atoms with E-state index in [-0.39, 0.29) is 22.0 Å². The molecule has 2 rings (SSSR count). The molecule has 0 bridgehead atoms. The first-order valence-corrected chi connectivity index (χ1v) is 8.88. The Morgan fingerprint density at radius 2 is 2.12 bits per heavy atom. The zero-order valence-electron chi connectivity index (χ0n) is 13.8. The van der Waals surface area contributed by atoms with Crippen molar-refractivity contribution in [3.8, 4) is 0 Å². The van der Waals surface area contributed by atoms with Crippen LogP contribution in [0.1, 0.15) is 17.3 Å². The number of aromatic nitrogens is 1. The summed E-state index contributed by atoms with van der Waals surface area (Å²) in [5, 5.41) is 13.7. The highest BCUT2D eigenvalue weighted by Gasteiger charge is 2.22. The number of anilines is 1. The van der Waals surface area contributed by atoms with Gasteiger partial charge in [-0.3, -0.25) is 14.9 Å². The van der Waals surface area contributed by atoms with Gasteiger partial charge in [0.15, 0.2) is 6.10 Å². The number of benzene rings is 1. The van der Waals surface area contributed by atoms with Gasteiger partial charge in [-0.1, -0.05) is 11.6 Å². The van der Waals surface area contributed by atoms with Gasteiger partial charge in [0.25, 0.3) is 11.6 Å². The lowest BCUT2D eigenvalue weighted by molar-refractivity contribution is -0.384. The molecule has 1 aromatic heterocycles. The summed E-state index contributed by atoms with van der Waals surface area (Å²) in [6.07, 6.45) is 2.21. The van der Waals surface area contributed by atoms with Gasteiger partial charge in [0.05, 0.1) is 21.2 Å². The van der Waals surface area contributed by atoms with Crippen LogP contribution in [0.15, 0.2) is 41.6 Å². The third-order valence-electron chi connectivity index (χ3n) is 3.26. The lowest BCUT2D eigenvalue weighted by Crippen LogP contribution is -2.30. The molecule has 26 heavy (non-hydrogen) atoms. The van der Waals surface area contributed by atoms with Crippen molar-refractivity contribution in [3.05, 3.63) is 57.2 Å². The van der Waals surface area contributed by atoms with E-state index in [1.165, 1.54) is 30.8 Å². The van der Waals surface area contributed by atoms with E-state index in [0.29, 0.717) is 5.03 Å². The summed E-state index contributed by atoms with van der Waals surface area (Å²) in [5.74, 6) is -1.30. The smallest absolute Gasteiger partial charge is 0.341 e. The van der Waals surface area contributed by atoms with E-state index < -0.39 is 22.9 Å². The fraction of sp³-hybridized carbons (Fsp3) is 0.188. The highest BCUT2D eigenvalue weighted by Crippen LogP contribution is 2.27. The Kier molecular flexibility index (Phi) is 6.53. The van der Waals surface area contributed by atoms with Gasteiger partial charge >= 0.3 is 5.97 Å². The molecule has 0 aliphatic heterocycles. The summed E-state index contributed by atoms with van der Waals surface area (Å²) in [5.41, 5.74) is 0.234. The minimum atomic E-state index is -1.11. The maximum Gasteiger partial charge on any atom is 0.341 e. The fourth-order valence-corrected chi connectivity index (χ4v) is 2.70. The molecule has 0 radical (unpaired) electrons. The Morgan fingerprint density at radius 1 is 1.38 bits per heavy atom. The number of thioether (sulfide) groups is 1. The minimum Gasteiger partial charge on any atom is -0.449 e. The van der Waals surface area contributed by atoms with E-state index in [2.05, 4.69) is 10.3 Å². The van der Waals surface area contributed by atoms with Crippen LogP contribution in [-0.2, 0) is 9.53 Å². The van der Waals surface area contributed by atoms with Crippen molar-refractivity contribution < 1.29 is 19.2 Å². The Morgan fingerprint density at radius 3 is 2.73 bits per heavy atom. The van der Waals surface area contributed by atoms with Crippen molar-refractivity contribution in [2.24, 2.45) is 0 Å². The number of rotatable bonds is 6. The average molecular weight is 396 g/mol. The number of nitro groups is 1. The molecule has 0 spiro atoms. The van der Waals surface area contributed by atoms with Gasteiger partial charge in [-0.2, -0.15) is 0 Å². The number of non-ortho nitro benzene ring substituents is 1. The van der Waals surface area contributed by atoms with E-state index in [4.69, 9.17) is 16.3 Å². The second kappa shape index (κ2) is 8.63. The fourth-order valence-electron chi connectivity index (χ4n) is 1.94. The molecule has 1 N–H and O–H groups in total. The van der Waals surface area contributed by atoms with E-state index in [1.807, 2.05) is 0 Å². The first-order chi connectivity index (χ1) is 12.3. The number of carbonyl (C=O) groups is 2. The molecule has 2 aromatic rings. The Labute approximate surface area is 158 Å². The minimum absolute atomic E-state index is 0.00278. The maximum atomic E-state index is 12.2. The molecule has 1 atom stereocenters. The van der Waals surface area contributed by atoms with Crippen LogP contribution in [0.4, 0.5) is 11.4 Å². The standard InChI is InChI=1S/C16H14ClN3O5S/c1-9(25-16(22)11-4-3-7-18-15(11)26-2)14(21)19-13-6-5-10(20(23)24)8-12(13)17/h3-9H,1-2H3,(H,19,21)/t9-/m1/s1. The van der Waals surface area contributed by atoms with Gasteiger partial charge < -0.3 is 10.1 Å². The third kappa shape index (κ3) is 4.70. The molecule has 0 unspecified atom stereocenters. The number of amides is 1. The number of nitro benzene ring substituents is 1. The van der Waals surface area contributed by atoms with Gasteiger partial charge in [-0.05, 0) is 31.4 Å². The maximum absolute atomic E-state index is 12.2. The summed E-state index contributed by atoms with van der Waals surface area (Å²) in [6, 6.07) is 6.78. The zero-order valence-corrected chi connectivity index (χ0v) is 15.3. The summed E-state index contributed by atoms with van der Waals surface area (Å²) >= 11 is 7.21. The van der Waals surface area contributed by atoms with E-state index in [0.717, 1.165) is 6.07 Å². The third-order valence-corrected chi connectivity index (χ3v) is 4.28. The molecule has 0 saturated heterocycles. The number of esters is 1. The van der Waals surface area contributed by atoms with Crippen LogP contribution in [0.25, 0.3) is 0 Å². The highest BCUT2D eigenvalue weighted by atomic mass is 35.5. The Balaban J connectivity index is 2.06. The van der Waals surface area contributed by atoms with Crippen molar-refractivity contribution in [2.75, 3.05) is 11.6 Å². The molecule has 8 nitrogen and oxygen atoms in total. The van der Waals surface area contributed by atoms with Crippen LogP contribution in [-0.4, -0.2) is 34.1 Å². The van der Waals surface area contributed by atoms with Crippen LogP contribution < -0.4 is 5.32 Å². The number of hydrogen-bond acceptors (Lipinski definition) is 7. The van der Waals surface area contributed by atoms with Gasteiger partial charge in [0.1, 0.15) is 5.03 Å². The van der Waals surface area contributed by atoms with Crippen LogP contribution in [0, 0.1) is 10.1 Å². The van der Waals surface area contributed by atoms with Crippen LogP contribution >= 0.6 is 23.4 Å². The molecule has 0 fully saturated rings. The number of carbonyl (C=O) groups excluding carboxylic acids is 2. The number of nitrogens with one attached hydrogen (secondary N) is 1.